The second-order valence-corrected chi connectivity index (χ2v) is 7.04. The molecule has 2 aromatic rings. The van der Waals surface area contributed by atoms with Gasteiger partial charge in [-0.25, -0.2) is 9.89 Å². The Labute approximate surface area is 126 Å². The van der Waals surface area contributed by atoms with Gasteiger partial charge in [0.1, 0.15) is 0 Å². The van der Waals surface area contributed by atoms with E-state index in [9.17, 15) is 4.79 Å². The van der Waals surface area contributed by atoms with Crippen LogP contribution in [0.1, 0.15) is 35.3 Å². The summed E-state index contributed by atoms with van der Waals surface area (Å²) >= 11 is 3.32. The summed E-state index contributed by atoms with van der Waals surface area (Å²) in [6, 6.07) is 4.26. The second kappa shape index (κ2) is 6.60. The molecule has 2 rings (SSSR count). The summed E-state index contributed by atoms with van der Waals surface area (Å²) in [6.07, 6.45) is 0.884. The first-order valence-corrected chi connectivity index (χ1v) is 8.40. The van der Waals surface area contributed by atoms with Gasteiger partial charge in [0.2, 0.25) is 0 Å². The quantitative estimate of drug-likeness (QED) is 0.804. The highest BCUT2D eigenvalue weighted by Gasteiger charge is 2.24. The van der Waals surface area contributed by atoms with Gasteiger partial charge in [0.25, 0.3) is 0 Å². The number of nitrogens with zero attached hydrogens (tertiary/aromatic N) is 2. The standard InChI is InChI=1S/C13H20N4OS2/c1-4-9(14)11(10-7-6-8(3)19-10)20-13-16-15-12(18)17(13)5-2/h6-7,9,11H,4-5,14H2,1-3H3,(H,15,18). The van der Waals surface area contributed by atoms with Crippen molar-refractivity contribution in [3.8, 4) is 0 Å². The maximum atomic E-state index is 11.6. The Balaban J connectivity index is 2.30. The second-order valence-electron chi connectivity index (χ2n) is 4.61. The van der Waals surface area contributed by atoms with Gasteiger partial charge in [0.05, 0.1) is 5.25 Å². The van der Waals surface area contributed by atoms with Crippen LogP contribution in [0, 0.1) is 6.92 Å². The van der Waals surface area contributed by atoms with Crippen molar-refractivity contribution in [3.05, 3.63) is 32.4 Å². The summed E-state index contributed by atoms with van der Waals surface area (Å²) in [7, 11) is 0. The fourth-order valence-electron chi connectivity index (χ4n) is 1.96. The minimum Gasteiger partial charge on any atom is -0.326 e. The lowest BCUT2D eigenvalue weighted by Gasteiger charge is -2.20. The van der Waals surface area contributed by atoms with E-state index in [4.69, 9.17) is 5.73 Å². The molecule has 0 bridgehead atoms. The van der Waals surface area contributed by atoms with Crippen molar-refractivity contribution in [2.75, 3.05) is 0 Å². The summed E-state index contributed by atoms with van der Waals surface area (Å²) in [5.74, 6) is 0. The van der Waals surface area contributed by atoms with Gasteiger partial charge in [-0.3, -0.25) is 4.57 Å². The van der Waals surface area contributed by atoms with Crippen LogP contribution in [-0.4, -0.2) is 20.8 Å². The molecule has 0 aliphatic carbocycles. The Kier molecular flexibility index (Phi) is 5.06. The smallest absolute Gasteiger partial charge is 0.326 e. The minimum atomic E-state index is -0.166. The van der Waals surface area contributed by atoms with Gasteiger partial charge in [-0.05, 0) is 32.4 Å². The van der Waals surface area contributed by atoms with E-state index in [2.05, 4.69) is 36.2 Å². The van der Waals surface area contributed by atoms with Gasteiger partial charge in [0.15, 0.2) is 5.16 Å². The van der Waals surface area contributed by atoms with E-state index in [1.165, 1.54) is 9.75 Å². The monoisotopic (exact) mass is 312 g/mol. The van der Waals surface area contributed by atoms with E-state index in [0.717, 1.165) is 6.42 Å². The van der Waals surface area contributed by atoms with Crippen LogP contribution in [0.4, 0.5) is 0 Å². The maximum Gasteiger partial charge on any atom is 0.343 e. The first-order chi connectivity index (χ1) is 9.56. The summed E-state index contributed by atoms with van der Waals surface area (Å²) in [5.41, 5.74) is 6.10. The first-order valence-electron chi connectivity index (χ1n) is 6.70. The van der Waals surface area contributed by atoms with Gasteiger partial charge < -0.3 is 5.73 Å². The van der Waals surface area contributed by atoms with Crippen molar-refractivity contribution in [3.63, 3.8) is 0 Å². The molecule has 20 heavy (non-hydrogen) atoms. The van der Waals surface area contributed by atoms with Crippen LogP contribution < -0.4 is 11.4 Å². The van der Waals surface area contributed by atoms with Crippen LogP contribution >= 0.6 is 23.1 Å². The van der Waals surface area contributed by atoms with Crippen LogP contribution in [0.5, 0.6) is 0 Å². The third-order valence-electron chi connectivity index (χ3n) is 3.17. The Bertz CT molecular complexity index is 616. The molecule has 2 unspecified atom stereocenters. The number of aromatic amines is 1. The molecule has 2 heterocycles. The number of aryl methyl sites for hydroxylation is 1. The van der Waals surface area contributed by atoms with Crippen LogP contribution in [0.2, 0.25) is 0 Å². The Morgan fingerprint density at radius 3 is 2.80 bits per heavy atom. The van der Waals surface area contributed by atoms with Gasteiger partial charge >= 0.3 is 5.69 Å². The molecule has 0 fully saturated rings. The number of thiophene rings is 1. The fourth-order valence-corrected chi connectivity index (χ4v) is 4.41. The molecule has 0 radical (unpaired) electrons. The zero-order chi connectivity index (χ0) is 14.7. The first kappa shape index (κ1) is 15.3. The van der Waals surface area contributed by atoms with Crippen LogP contribution in [0.15, 0.2) is 22.1 Å². The zero-order valence-electron chi connectivity index (χ0n) is 11.9. The number of hydrogen-bond acceptors (Lipinski definition) is 5. The summed E-state index contributed by atoms with van der Waals surface area (Å²) in [5, 5.41) is 7.45. The molecule has 0 saturated heterocycles. The predicted molar refractivity (Wildman–Crippen MR) is 84.4 cm³/mol. The van der Waals surface area contributed by atoms with Crippen molar-refractivity contribution in [1.29, 1.82) is 0 Å². The van der Waals surface area contributed by atoms with Gasteiger partial charge in [-0.15, -0.1) is 16.4 Å². The van der Waals surface area contributed by atoms with Crippen LogP contribution in [0.3, 0.4) is 0 Å². The van der Waals surface area contributed by atoms with E-state index >= 15 is 0 Å². The molecule has 0 aliphatic heterocycles. The number of H-pyrrole nitrogens is 1. The van der Waals surface area contributed by atoms with Crippen molar-refractivity contribution >= 4 is 23.1 Å². The molecule has 7 heteroatoms. The van der Waals surface area contributed by atoms with E-state index in [-0.39, 0.29) is 17.0 Å². The number of aromatic nitrogens is 3. The van der Waals surface area contributed by atoms with Crippen LogP contribution in [-0.2, 0) is 6.54 Å². The molecule has 2 atom stereocenters. The zero-order valence-corrected chi connectivity index (χ0v) is 13.6. The number of hydrogen-bond donors (Lipinski definition) is 2. The van der Waals surface area contributed by atoms with Gasteiger partial charge in [-0.1, -0.05) is 18.7 Å². The van der Waals surface area contributed by atoms with E-state index in [1.54, 1.807) is 27.7 Å². The Hall–Kier alpha value is -1.05. The number of thioether (sulfide) groups is 1. The molecule has 0 aliphatic rings. The molecule has 0 saturated carbocycles. The fraction of sp³-hybridized carbons (Fsp3) is 0.538. The number of rotatable bonds is 6. The minimum absolute atomic E-state index is 0.0372. The average Bonchev–Trinajstić information content (AvgIpc) is 3.01. The lowest BCUT2D eigenvalue weighted by atomic mass is 10.1. The Morgan fingerprint density at radius 2 is 2.25 bits per heavy atom. The summed E-state index contributed by atoms with van der Waals surface area (Å²) in [6.45, 7) is 6.71. The van der Waals surface area contributed by atoms with Crippen LogP contribution in [0.25, 0.3) is 0 Å². The molecule has 0 aromatic carbocycles. The molecular weight excluding hydrogens is 292 g/mol. The highest BCUT2D eigenvalue weighted by atomic mass is 32.2. The molecule has 5 nitrogen and oxygen atoms in total. The third kappa shape index (κ3) is 3.16. The average molecular weight is 312 g/mol. The lowest BCUT2D eigenvalue weighted by Crippen LogP contribution is -2.25. The highest BCUT2D eigenvalue weighted by Crippen LogP contribution is 2.39. The third-order valence-corrected chi connectivity index (χ3v) is 5.79. The van der Waals surface area contributed by atoms with E-state index in [1.807, 2.05) is 6.92 Å². The molecule has 110 valence electrons. The SMILES string of the molecule is CCC(N)C(Sc1n[nH]c(=O)n1CC)c1ccc(C)s1. The van der Waals surface area contributed by atoms with Gasteiger partial charge in [0, 0.05) is 22.3 Å². The van der Waals surface area contributed by atoms with E-state index in [0.29, 0.717) is 11.7 Å². The van der Waals surface area contributed by atoms with Crippen molar-refractivity contribution < 1.29 is 0 Å². The maximum absolute atomic E-state index is 11.6. The summed E-state index contributed by atoms with van der Waals surface area (Å²) < 4.78 is 1.64. The van der Waals surface area contributed by atoms with Gasteiger partial charge in [-0.2, -0.15) is 0 Å². The van der Waals surface area contributed by atoms with Crippen molar-refractivity contribution in [2.45, 2.75) is 50.2 Å². The molecule has 0 spiro atoms. The molecule has 2 aromatic heterocycles. The highest BCUT2D eigenvalue weighted by molar-refractivity contribution is 7.99. The number of nitrogens with one attached hydrogen (secondary N) is 1. The Morgan fingerprint density at radius 1 is 1.50 bits per heavy atom. The van der Waals surface area contributed by atoms with Crippen molar-refractivity contribution in [2.24, 2.45) is 5.73 Å². The number of nitrogens with two attached hydrogens (primary N) is 1. The summed E-state index contributed by atoms with van der Waals surface area (Å²) in [4.78, 5) is 14.1. The topological polar surface area (TPSA) is 76.7 Å². The predicted octanol–water partition coefficient (Wildman–Crippen LogP) is 2.53. The molecule has 3 N–H and O–H groups in total. The largest absolute Gasteiger partial charge is 0.343 e. The lowest BCUT2D eigenvalue weighted by molar-refractivity contribution is 0.626. The van der Waals surface area contributed by atoms with E-state index < -0.39 is 0 Å². The molecular formula is C13H20N4OS2. The molecule has 0 amide bonds. The normalized spacial score (nSPS) is 14.4. The van der Waals surface area contributed by atoms with Crippen molar-refractivity contribution in [1.82, 2.24) is 14.8 Å².